The van der Waals surface area contributed by atoms with Gasteiger partial charge in [-0.3, -0.25) is 4.99 Å². The summed E-state index contributed by atoms with van der Waals surface area (Å²) < 4.78 is 0. The topological polar surface area (TPSA) is 36.4 Å². The molecule has 2 aromatic rings. The molecule has 1 fully saturated rings. The summed E-state index contributed by atoms with van der Waals surface area (Å²) in [5, 5.41) is 8.23. The van der Waals surface area contributed by atoms with E-state index in [1.54, 1.807) is 0 Å². The first-order valence-corrected chi connectivity index (χ1v) is 10.6. The van der Waals surface area contributed by atoms with Crippen molar-refractivity contribution in [3.05, 3.63) is 59.1 Å². The van der Waals surface area contributed by atoms with Crippen molar-refractivity contribution >= 4 is 28.8 Å². The van der Waals surface area contributed by atoms with Crippen molar-refractivity contribution in [2.45, 2.75) is 64.5 Å². The predicted octanol–water partition coefficient (Wildman–Crippen LogP) is 6.90. The van der Waals surface area contributed by atoms with Gasteiger partial charge in [0.15, 0.2) is 0 Å². The van der Waals surface area contributed by atoms with Crippen molar-refractivity contribution in [3.8, 4) is 0 Å². The smallest absolute Gasteiger partial charge is 0.127 e. The highest BCUT2D eigenvalue weighted by molar-refractivity contribution is 6.31. The molecule has 0 bridgehead atoms. The summed E-state index contributed by atoms with van der Waals surface area (Å²) in [7, 11) is 0. The van der Waals surface area contributed by atoms with Crippen LogP contribution >= 0.6 is 11.6 Å². The second-order valence-electron chi connectivity index (χ2n) is 7.05. The van der Waals surface area contributed by atoms with E-state index in [1.807, 2.05) is 32.0 Å². The zero-order chi connectivity index (χ0) is 19.1. The van der Waals surface area contributed by atoms with Gasteiger partial charge in [0.1, 0.15) is 5.84 Å². The monoisotopic (exact) mass is 383 g/mol. The number of hydrogen-bond acceptors (Lipinski definition) is 2. The molecule has 2 aliphatic rings. The molecule has 0 amide bonds. The summed E-state index contributed by atoms with van der Waals surface area (Å²) in [6.45, 7) is 4.60. The van der Waals surface area contributed by atoms with Gasteiger partial charge in [0.05, 0.1) is 23.5 Å². The van der Waals surface area contributed by atoms with E-state index in [4.69, 9.17) is 16.6 Å². The molecule has 27 heavy (non-hydrogen) atoms. The second kappa shape index (κ2) is 9.27. The number of aliphatic imine (C=N–C) groups is 1. The van der Waals surface area contributed by atoms with E-state index in [9.17, 15) is 0 Å². The molecule has 0 saturated heterocycles. The molecule has 144 valence electrons. The predicted molar refractivity (Wildman–Crippen MR) is 118 cm³/mol. The highest BCUT2D eigenvalue weighted by Gasteiger charge is 2.39. The minimum absolute atomic E-state index is 0.0773. The molecule has 0 atom stereocenters. The van der Waals surface area contributed by atoms with E-state index in [0.717, 1.165) is 35.0 Å². The molecule has 1 aliphatic carbocycles. The number of rotatable bonds is 2. The van der Waals surface area contributed by atoms with Crippen LogP contribution in [0.4, 0.5) is 11.4 Å². The third-order valence-electron chi connectivity index (χ3n) is 5.33. The first-order valence-electron chi connectivity index (χ1n) is 10.2. The van der Waals surface area contributed by atoms with Crippen LogP contribution in [0.2, 0.25) is 5.02 Å². The van der Waals surface area contributed by atoms with Crippen LogP contribution in [0, 0.1) is 0 Å². The van der Waals surface area contributed by atoms with Crippen LogP contribution < -0.4 is 10.6 Å². The Bertz CT molecular complexity index is 777. The zero-order valence-electron chi connectivity index (χ0n) is 16.4. The third-order valence-corrected chi connectivity index (χ3v) is 5.70. The van der Waals surface area contributed by atoms with E-state index >= 15 is 0 Å². The lowest BCUT2D eigenvalue weighted by Crippen LogP contribution is -2.52. The Morgan fingerprint density at radius 2 is 1.52 bits per heavy atom. The molecule has 2 aromatic carbocycles. The summed E-state index contributed by atoms with van der Waals surface area (Å²) in [5.74, 6) is 1.06. The molecule has 0 aromatic heterocycles. The molecule has 3 nitrogen and oxygen atoms in total. The normalized spacial score (nSPS) is 19.1. The summed E-state index contributed by atoms with van der Waals surface area (Å²) in [5.41, 5.74) is 3.28. The molecule has 1 aliphatic heterocycles. The van der Waals surface area contributed by atoms with Crippen LogP contribution in [0.25, 0.3) is 0 Å². The highest BCUT2D eigenvalue weighted by atomic mass is 35.5. The summed E-state index contributed by atoms with van der Waals surface area (Å²) >= 11 is 6.32. The lowest BCUT2D eigenvalue weighted by Gasteiger charge is -2.41. The molecule has 1 heterocycles. The van der Waals surface area contributed by atoms with Crippen LogP contribution in [0.15, 0.2) is 53.5 Å². The summed E-state index contributed by atoms with van der Waals surface area (Å²) in [4.78, 5) is 4.99. The van der Waals surface area contributed by atoms with E-state index in [1.165, 1.54) is 31.4 Å². The molecule has 1 saturated carbocycles. The van der Waals surface area contributed by atoms with E-state index in [0.29, 0.717) is 6.54 Å². The number of nitrogens with zero attached hydrogens (tertiary/aromatic N) is 1. The van der Waals surface area contributed by atoms with Crippen LogP contribution in [0.3, 0.4) is 0 Å². The molecular weight excluding hydrogens is 354 g/mol. The van der Waals surface area contributed by atoms with Crippen LogP contribution in [-0.4, -0.2) is 11.4 Å². The molecule has 4 heteroatoms. The number of anilines is 2. The van der Waals surface area contributed by atoms with Gasteiger partial charge in [0.2, 0.25) is 0 Å². The zero-order valence-corrected chi connectivity index (χ0v) is 17.1. The van der Waals surface area contributed by atoms with Crippen LogP contribution in [0.1, 0.15) is 57.9 Å². The fourth-order valence-corrected chi connectivity index (χ4v) is 4.14. The largest absolute Gasteiger partial charge is 0.371 e. The SMILES string of the molecule is CC.Clc1ccccc1CN=C1Nc2ccccc2NC12CCCCCC2. The number of amidine groups is 1. The number of para-hydroxylation sites is 2. The Balaban J connectivity index is 0.00000102. The molecule has 2 N–H and O–H groups in total. The minimum Gasteiger partial charge on any atom is -0.371 e. The molecule has 4 rings (SSSR count). The maximum atomic E-state index is 6.32. The Labute approximate surface area is 168 Å². The number of hydrogen-bond donors (Lipinski definition) is 2. The first-order chi connectivity index (χ1) is 13.3. The van der Waals surface area contributed by atoms with E-state index < -0.39 is 0 Å². The van der Waals surface area contributed by atoms with E-state index in [-0.39, 0.29) is 5.54 Å². The van der Waals surface area contributed by atoms with Gasteiger partial charge in [-0.1, -0.05) is 81.5 Å². The average molecular weight is 384 g/mol. The van der Waals surface area contributed by atoms with E-state index in [2.05, 4.69) is 41.0 Å². The van der Waals surface area contributed by atoms with Crippen molar-refractivity contribution in [2.24, 2.45) is 4.99 Å². The van der Waals surface area contributed by atoms with Gasteiger partial charge >= 0.3 is 0 Å². The number of fused-ring (bicyclic) bond motifs is 1. The number of halogens is 1. The van der Waals surface area contributed by atoms with Gasteiger partial charge in [0, 0.05) is 5.02 Å². The van der Waals surface area contributed by atoms with Gasteiger partial charge in [-0.2, -0.15) is 0 Å². The lowest BCUT2D eigenvalue weighted by atomic mass is 9.86. The molecule has 1 spiro atoms. The fourth-order valence-electron chi connectivity index (χ4n) is 3.94. The second-order valence-corrected chi connectivity index (χ2v) is 7.46. The summed E-state index contributed by atoms with van der Waals surface area (Å²) in [6.07, 6.45) is 7.33. The van der Waals surface area contributed by atoms with Crippen LogP contribution in [-0.2, 0) is 6.54 Å². The van der Waals surface area contributed by atoms with Crippen LogP contribution in [0.5, 0.6) is 0 Å². The highest BCUT2D eigenvalue weighted by Crippen LogP contribution is 2.38. The number of nitrogens with one attached hydrogen (secondary N) is 2. The first kappa shape index (κ1) is 19.8. The Kier molecular flexibility index (Phi) is 6.78. The molecule has 0 radical (unpaired) electrons. The number of benzene rings is 2. The Morgan fingerprint density at radius 1 is 0.889 bits per heavy atom. The fraction of sp³-hybridized carbons (Fsp3) is 0.435. The quantitative estimate of drug-likeness (QED) is 0.591. The standard InChI is InChI=1S/C21H24ClN3.C2H6/c22-17-10-4-3-9-16(17)15-23-20-21(13-7-1-2-8-14-21)25-19-12-6-5-11-18(19)24-20;1-2/h3-6,9-12,25H,1-2,7-8,13-15H2,(H,23,24);1-2H3. The lowest BCUT2D eigenvalue weighted by molar-refractivity contribution is 0.524. The van der Waals surface area contributed by atoms with Gasteiger partial charge in [-0.05, 0) is 36.6 Å². The van der Waals surface area contributed by atoms with Gasteiger partial charge in [-0.15, -0.1) is 0 Å². The Hall–Kier alpha value is -2.00. The van der Waals surface area contributed by atoms with Crippen molar-refractivity contribution < 1.29 is 0 Å². The third kappa shape index (κ3) is 4.47. The van der Waals surface area contributed by atoms with Crippen molar-refractivity contribution in [2.75, 3.05) is 10.6 Å². The van der Waals surface area contributed by atoms with Gasteiger partial charge < -0.3 is 10.6 Å². The van der Waals surface area contributed by atoms with Crippen molar-refractivity contribution in [3.63, 3.8) is 0 Å². The maximum Gasteiger partial charge on any atom is 0.127 e. The average Bonchev–Trinajstić information content (AvgIpc) is 2.95. The summed E-state index contributed by atoms with van der Waals surface area (Å²) in [6, 6.07) is 16.4. The van der Waals surface area contributed by atoms with Gasteiger partial charge in [0.25, 0.3) is 0 Å². The van der Waals surface area contributed by atoms with Gasteiger partial charge in [-0.25, -0.2) is 0 Å². The molecular formula is C23H30ClN3. The van der Waals surface area contributed by atoms with Crippen molar-refractivity contribution in [1.82, 2.24) is 0 Å². The molecule has 0 unspecified atom stereocenters. The Morgan fingerprint density at radius 3 is 2.22 bits per heavy atom. The minimum atomic E-state index is -0.0773. The van der Waals surface area contributed by atoms with Crippen molar-refractivity contribution in [1.29, 1.82) is 0 Å². The maximum absolute atomic E-state index is 6.32.